The molecule has 116 valence electrons. The Morgan fingerprint density at radius 3 is 2.70 bits per heavy atom. The maximum absolute atomic E-state index is 11.7. The van der Waals surface area contributed by atoms with Gasteiger partial charge in [-0.05, 0) is 58.0 Å². The molecule has 0 radical (unpaired) electrons. The Labute approximate surface area is 122 Å². The molecule has 0 amide bonds. The number of piperidine rings is 1. The number of likely N-dealkylation sites (tertiary alicyclic amines) is 1. The zero-order valence-electron chi connectivity index (χ0n) is 13.0. The third-order valence-electron chi connectivity index (χ3n) is 5.11. The molecule has 2 N–H and O–H groups in total. The first-order valence-corrected chi connectivity index (χ1v) is 8.29. The molecule has 2 rings (SSSR count). The van der Waals surface area contributed by atoms with E-state index in [2.05, 4.69) is 17.1 Å². The van der Waals surface area contributed by atoms with E-state index in [4.69, 9.17) is 0 Å². The Morgan fingerprint density at radius 1 is 1.30 bits per heavy atom. The summed E-state index contributed by atoms with van der Waals surface area (Å²) >= 11 is 0. The van der Waals surface area contributed by atoms with Crippen LogP contribution in [-0.2, 0) is 4.79 Å². The van der Waals surface area contributed by atoms with E-state index >= 15 is 0 Å². The molecule has 0 spiro atoms. The zero-order valence-corrected chi connectivity index (χ0v) is 13.0. The van der Waals surface area contributed by atoms with Crippen LogP contribution in [0.1, 0.15) is 58.8 Å². The predicted octanol–water partition coefficient (Wildman–Crippen LogP) is 2.48. The van der Waals surface area contributed by atoms with E-state index in [1.54, 1.807) is 0 Å². The number of hydrogen-bond acceptors (Lipinski definition) is 3. The summed E-state index contributed by atoms with van der Waals surface area (Å²) in [7, 11) is 0. The molecule has 3 atom stereocenters. The van der Waals surface area contributed by atoms with Crippen molar-refractivity contribution < 1.29 is 9.90 Å². The lowest BCUT2D eigenvalue weighted by molar-refractivity contribution is -0.145. The van der Waals surface area contributed by atoms with Gasteiger partial charge in [0.05, 0.1) is 0 Å². The fourth-order valence-electron chi connectivity index (χ4n) is 3.93. The molecule has 1 aliphatic carbocycles. The number of carboxylic acid groups (broad SMARTS) is 1. The molecule has 4 nitrogen and oxygen atoms in total. The van der Waals surface area contributed by atoms with E-state index in [0.717, 1.165) is 25.4 Å². The Bertz CT molecular complexity index is 332. The number of carbonyl (C=O) groups is 1. The Morgan fingerprint density at radius 2 is 2.00 bits per heavy atom. The first kappa shape index (κ1) is 15.8. The highest BCUT2D eigenvalue weighted by Crippen LogP contribution is 2.35. The third kappa shape index (κ3) is 3.53. The lowest BCUT2D eigenvalue weighted by Gasteiger charge is -2.46. The molecule has 1 saturated carbocycles. The summed E-state index contributed by atoms with van der Waals surface area (Å²) in [6.07, 6.45) is 8.80. The number of nitrogens with zero attached hydrogens (tertiary/aromatic N) is 1. The minimum Gasteiger partial charge on any atom is -0.480 e. The van der Waals surface area contributed by atoms with Gasteiger partial charge >= 0.3 is 5.97 Å². The summed E-state index contributed by atoms with van der Waals surface area (Å²) < 4.78 is 0. The topological polar surface area (TPSA) is 52.6 Å². The summed E-state index contributed by atoms with van der Waals surface area (Å²) in [6, 6.07) is 0.625. The standard InChI is InChI=1S/C16H30N2O2/c1-3-10-17-16(2,15(19)20)12-18-11-6-8-13-7-4-5-9-14(13)18/h13-14,17H,3-12H2,1-2H3,(H,19,20)/t13-,14-,16?/m1/s1. The molecule has 0 bridgehead atoms. The molecule has 1 aliphatic heterocycles. The van der Waals surface area contributed by atoms with Crippen LogP contribution in [0.5, 0.6) is 0 Å². The van der Waals surface area contributed by atoms with Crippen molar-refractivity contribution >= 4 is 5.97 Å². The number of hydrogen-bond donors (Lipinski definition) is 2. The normalized spacial score (nSPS) is 30.5. The molecule has 0 aromatic carbocycles. The van der Waals surface area contributed by atoms with Crippen LogP contribution in [0.3, 0.4) is 0 Å². The number of carboxylic acids is 1. The molecule has 1 unspecified atom stereocenters. The average molecular weight is 282 g/mol. The first-order valence-electron chi connectivity index (χ1n) is 8.29. The van der Waals surface area contributed by atoms with Gasteiger partial charge in [-0.25, -0.2) is 0 Å². The van der Waals surface area contributed by atoms with Gasteiger partial charge in [0.25, 0.3) is 0 Å². The molecule has 2 aliphatic rings. The molecule has 0 aromatic heterocycles. The lowest BCUT2D eigenvalue weighted by atomic mass is 9.78. The fourth-order valence-corrected chi connectivity index (χ4v) is 3.93. The predicted molar refractivity (Wildman–Crippen MR) is 80.9 cm³/mol. The van der Waals surface area contributed by atoms with E-state index in [9.17, 15) is 9.90 Å². The highest BCUT2D eigenvalue weighted by Gasteiger charge is 2.40. The SMILES string of the molecule is CCCNC(C)(CN1CCC[C@H]2CCCC[C@H]21)C(=O)O. The quantitative estimate of drug-likeness (QED) is 0.786. The number of aliphatic carboxylic acids is 1. The van der Waals surface area contributed by atoms with E-state index in [1.165, 1.54) is 38.5 Å². The number of rotatable bonds is 6. The largest absolute Gasteiger partial charge is 0.480 e. The van der Waals surface area contributed by atoms with Gasteiger partial charge in [-0.3, -0.25) is 9.69 Å². The van der Waals surface area contributed by atoms with Crippen LogP contribution in [-0.4, -0.2) is 47.2 Å². The molecule has 1 heterocycles. The highest BCUT2D eigenvalue weighted by molar-refractivity contribution is 5.78. The molecule has 4 heteroatoms. The Hall–Kier alpha value is -0.610. The van der Waals surface area contributed by atoms with E-state index < -0.39 is 11.5 Å². The minimum atomic E-state index is -0.810. The Balaban J connectivity index is 2.02. The van der Waals surface area contributed by atoms with Gasteiger partial charge in [-0.2, -0.15) is 0 Å². The van der Waals surface area contributed by atoms with Gasteiger partial charge in [0.2, 0.25) is 0 Å². The second-order valence-electron chi connectivity index (χ2n) is 6.79. The van der Waals surface area contributed by atoms with Gasteiger partial charge < -0.3 is 10.4 Å². The summed E-state index contributed by atoms with van der Waals surface area (Å²) in [5.74, 6) is 0.0885. The van der Waals surface area contributed by atoms with Crippen molar-refractivity contribution in [3.63, 3.8) is 0 Å². The van der Waals surface area contributed by atoms with E-state index in [-0.39, 0.29) is 0 Å². The molecular formula is C16H30N2O2. The van der Waals surface area contributed by atoms with Crippen molar-refractivity contribution in [2.45, 2.75) is 70.4 Å². The number of fused-ring (bicyclic) bond motifs is 1. The summed E-state index contributed by atoms with van der Waals surface area (Å²) in [6.45, 7) is 6.40. The number of nitrogens with one attached hydrogen (secondary N) is 1. The van der Waals surface area contributed by atoms with Crippen LogP contribution in [0.2, 0.25) is 0 Å². The molecule has 20 heavy (non-hydrogen) atoms. The van der Waals surface area contributed by atoms with Crippen LogP contribution in [0, 0.1) is 5.92 Å². The average Bonchev–Trinajstić information content (AvgIpc) is 2.45. The highest BCUT2D eigenvalue weighted by atomic mass is 16.4. The third-order valence-corrected chi connectivity index (χ3v) is 5.11. The fraction of sp³-hybridized carbons (Fsp3) is 0.938. The van der Waals surface area contributed by atoms with Crippen molar-refractivity contribution in [1.82, 2.24) is 10.2 Å². The van der Waals surface area contributed by atoms with Gasteiger partial charge in [0, 0.05) is 12.6 Å². The van der Waals surface area contributed by atoms with Gasteiger partial charge in [-0.1, -0.05) is 19.8 Å². The maximum atomic E-state index is 11.7. The molecule has 0 aromatic rings. The van der Waals surface area contributed by atoms with Gasteiger partial charge in [-0.15, -0.1) is 0 Å². The second-order valence-corrected chi connectivity index (χ2v) is 6.79. The van der Waals surface area contributed by atoms with Crippen molar-refractivity contribution in [3.05, 3.63) is 0 Å². The second kappa shape index (κ2) is 6.90. The monoisotopic (exact) mass is 282 g/mol. The van der Waals surface area contributed by atoms with Crippen LogP contribution in [0.15, 0.2) is 0 Å². The first-order chi connectivity index (χ1) is 9.57. The Kier molecular flexibility index (Phi) is 5.44. The molecule has 2 fully saturated rings. The van der Waals surface area contributed by atoms with Crippen molar-refractivity contribution in [2.75, 3.05) is 19.6 Å². The summed E-state index contributed by atoms with van der Waals surface area (Å²) in [4.78, 5) is 14.1. The van der Waals surface area contributed by atoms with Gasteiger partial charge in [0.1, 0.15) is 5.54 Å². The summed E-state index contributed by atoms with van der Waals surface area (Å²) in [5, 5.41) is 12.8. The maximum Gasteiger partial charge on any atom is 0.324 e. The van der Waals surface area contributed by atoms with Crippen molar-refractivity contribution in [2.24, 2.45) is 5.92 Å². The van der Waals surface area contributed by atoms with Gasteiger partial charge in [0.15, 0.2) is 0 Å². The smallest absolute Gasteiger partial charge is 0.324 e. The van der Waals surface area contributed by atoms with E-state index in [0.29, 0.717) is 12.6 Å². The van der Waals surface area contributed by atoms with Crippen molar-refractivity contribution in [1.29, 1.82) is 0 Å². The summed E-state index contributed by atoms with van der Waals surface area (Å²) in [5.41, 5.74) is -0.810. The van der Waals surface area contributed by atoms with Crippen LogP contribution in [0.4, 0.5) is 0 Å². The van der Waals surface area contributed by atoms with E-state index in [1.807, 2.05) is 6.92 Å². The molecular weight excluding hydrogens is 252 g/mol. The van der Waals surface area contributed by atoms with Crippen LogP contribution in [0.25, 0.3) is 0 Å². The van der Waals surface area contributed by atoms with Crippen LogP contribution < -0.4 is 5.32 Å². The lowest BCUT2D eigenvalue weighted by Crippen LogP contribution is -2.60. The van der Waals surface area contributed by atoms with Crippen molar-refractivity contribution in [3.8, 4) is 0 Å². The zero-order chi connectivity index (χ0) is 14.6. The van der Waals surface area contributed by atoms with Crippen LogP contribution >= 0.6 is 0 Å². The minimum absolute atomic E-state index is 0.625. The molecule has 1 saturated heterocycles.